The lowest BCUT2D eigenvalue weighted by atomic mass is 10.1. The second kappa shape index (κ2) is 6.91. The molecule has 1 aromatic carbocycles. The molecule has 2 aromatic heterocycles. The molecule has 26 heavy (non-hydrogen) atoms. The van der Waals surface area contributed by atoms with Crippen LogP contribution in [0.4, 0.5) is 5.69 Å². The maximum Gasteiger partial charge on any atom is 0.266 e. The molecule has 0 aliphatic carbocycles. The van der Waals surface area contributed by atoms with Crippen molar-refractivity contribution in [2.75, 3.05) is 18.5 Å². The van der Waals surface area contributed by atoms with Crippen molar-refractivity contribution < 1.29 is 18.4 Å². The molecule has 134 valence electrons. The summed E-state index contributed by atoms with van der Waals surface area (Å²) in [6, 6.07) is 7.67. The lowest BCUT2D eigenvalue weighted by molar-refractivity contribution is -0.140. The molecule has 3 aromatic rings. The molecule has 0 bridgehead atoms. The molecular formula is C18H18N4O4. The molecule has 0 spiro atoms. The van der Waals surface area contributed by atoms with E-state index in [-0.39, 0.29) is 5.91 Å². The quantitative estimate of drug-likeness (QED) is 0.693. The van der Waals surface area contributed by atoms with E-state index in [2.05, 4.69) is 9.97 Å². The second-order valence-corrected chi connectivity index (χ2v) is 6.11. The van der Waals surface area contributed by atoms with E-state index in [4.69, 9.17) is 13.6 Å². The summed E-state index contributed by atoms with van der Waals surface area (Å²) in [5.74, 6) is 0.555. The van der Waals surface area contributed by atoms with E-state index in [1.165, 1.54) is 25.3 Å². The number of anilines is 1. The first kappa shape index (κ1) is 16.2. The van der Waals surface area contributed by atoms with Gasteiger partial charge in [-0.2, -0.15) is 0 Å². The molecule has 0 saturated heterocycles. The molecule has 0 unspecified atom stereocenters. The Hall–Kier alpha value is -3.29. The topological polar surface area (TPSA) is 84.8 Å². The lowest BCUT2D eigenvalue weighted by Gasteiger charge is -2.35. The van der Waals surface area contributed by atoms with Crippen molar-refractivity contribution in [1.29, 1.82) is 0 Å². The van der Waals surface area contributed by atoms with E-state index < -0.39 is 6.10 Å². The molecule has 8 nitrogen and oxygen atoms in total. The fourth-order valence-corrected chi connectivity index (χ4v) is 2.98. The van der Waals surface area contributed by atoms with Crippen LogP contribution in [0.5, 0.6) is 5.75 Å². The number of rotatable bonds is 5. The molecule has 1 aliphatic heterocycles. The van der Waals surface area contributed by atoms with Crippen LogP contribution < -0.4 is 9.64 Å². The molecular weight excluding hydrogens is 336 g/mol. The largest absolute Gasteiger partial charge is 0.477 e. The first-order valence-corrected chi connectivity index (χ1v) is 8.20. The molecule has 1 amide bonds. The zero-order valence-corrected chi connectivity index (χ0v) is 14.2. The number of likely N-dealkylation sites (N-methyl/N-ethyl adjacent to an activating group) is 1. The number of oxazole rings is 2. The van der Waals surface area contributed by atoms with Crippen molar-refractivity contribution in [3.05, 3.63) is 61.0 Å². The fourth-order valence-electron chi connectivity index (χ4n) is 2.98. The van der Waals surface area contributed by atoms with Gasteiger partial charge in [-0.25, -0.2) is 9.97 Å². The molecule has 0 saturated carbocycles. The van der Waals surface area contributed by atoms with Gasteiger partial charge in [-0.15, -0.1) is 0 Å². The minimum atomic E-state index is -0.617. The second-order valence-electron chi connectivity index (χ2n) is 6.11. The third-order valence-corrected chi connectivity index (χ3v) is 4.25. The van der Waals surface area contributed by atoms with E-state index in [1.54, 1.807) is 4.90 Å². The number of hydrogen-bond acceptors (Lipinski definition) is 7. The minimum absolute atomic E-state index is 0.141. The van der Waals surface area contributed by atoms with E-state index >= 15 is 0 Å². The molecule has 1 aliphatic rings. The van der Waals surface area contributed by atoms with Crippen LogP contribution in [0.3, 0.4) is 0 Å². The van der Waals surface area contributed by atoms with Gasteiger partial charge in [-0.3, -0.25) is 4.79 Å². The van der Waals surface area contributed by atoms with Gasteiger partial charge < -0.3 is 23.4 Å². The fraction of sp³-hybridized carbons (Fsp3) is 0.278. The van der Waals surface area contributed by atoms with Crippen molar-refractivity contribution in [2.45, 2.75) is 19.2 Å². The van der Waals surface area contributed by atoms with E-state index in [0.717, 1.165) is 5.69 Å². The number of nitrogens with zero attached hydrogens (tertiary/aromatic N) is 4. The Labute approximate surface area is 150 Å². The Morgan fingerprint density at radius 2 is 1.81 bits per heavy atom. The van der Waals surface area contributed by atoms with Crippen molar-refractivity contribution in [3.63, 3.8) is 0 Å². The third-order valence-electron chi connectivity index (χ3n) is 4.25. The molecule has 0 N–H and O–H groups in total. The number of aromatic nitrogens is 2. The van der Waals surface area contributed by atoms with Crippen LogP contribution in [0.1, 0.15) is 11.4 Å². The predicted octanol–water partition coefficient (Wildman–Crippen LogP) is 2.09. The highest BCUT2D eigenvalue weighted by Gasteiger charge is 2.32. The monoisotopic (exact) mass is 354 g/mol. The SMILES string of the molecule is CN1C[C@@H](C(=O)N(Cc2cocn2)Cc2cocn2)Oc2ccccc21. The smallest absolute Gasteiger partial charge is 0.266 e. The van der Waals surface area contributed by atoms with Gasteiger partial charge in [0.25, 0.3) is 5.91 Å². The van der Waals surface area contributed by atoms with Crippen LogP contribution in [0, 0.1) is 0 Å². The molecule has 0 fully saturated rings. The Balaban J connectivity index is 1.56. The summed E-state index contributed by atoms with van der Waals surface area (Å²) < 4.78 is 16.0. The highest BCUT2D eigenvalue weighted by Crippen LogP contribution is 2.32. The number of benzene rings is 1. The van der Waals surface area contributed by atoms with Gasteiger partial charge in [0, 0.05) is 7.05 Å². The van der Waals surface area contributed by atoms with Crippen LogP contribution in [-0.4, -0.2) is 40.5 Å². The number of hydrogen-bond donors (Lipinski definition) is 0. The molecule has 0 radical (unpaired) electrons. The predicted molar refractivity (Wildman–Crippen MR) is 91.4 cm³/mol. The van der Waals surface area contributed by atoms with Gasteiger partial charge >= 0.3 is 0 Å². The first-order valence-electron chi connectivity index (χ1n) is 8.20. The molecule has 1 atom stereocenters. The Morgan fingerprint density at radius 1 is 1.15 bits per heavy atom. The summed E-state index contributed by atoms with van der Waals surface area (Å²) in [5.41, 5.74) is 2.29. The first-order chi connectivity index (χ1) is 12.7. The Morgan fingerprint density at radius 3 is 2.42 bits per heavy atom. The average Bonchev–Trinajstić information content (AvgIpc) is 3.34. The number of carbonyl (C=O) groups excluding carboxylic acids is 1. The molecule has 3 heterocycles. The van der Waals surface area contributed by atoms with Gasteiger partial charge in [0.15, 0.2) is 18.9 Å². The van der Waals surface area contributed by atoms with Crippen LogP contribution in [0.25, 0.3) is 0 Å². The van der Waals surface area contributed by atoms with Gasteiger partial charge in [-0.1, -0.05) is 12.1 Å². The zero-order chi connectivity index (χ0) is 17.9. The van der Waals surface area contributed by atoms with Crippen LogP contribution in [-0.2, 0) is 17.9 Å². The highest BCUT2D eigenvalue weighted by molar-refractivity contribution is 5.83. The maximum absolute atomic E-state index is 13.2. The van der Waals surface area contributed by atoms with Gasteiger partial charge in [0.1, 0.15) is 18.3 Å². The van der Waals surface area contributed by atoms with Crippen LogP contribution in [0.15, 0.2) is 58.4 Å². The summed E-state index contributed by atoms with van der Waals surface area (Å²) in [6.07, 6.45) is 5.11. The Kier molecular flexibility index (Phi) is 4.30. The number of amides is 1. The van der Waals surface area contributed by atoms with Gasteiger partial charge in [-0.05, 0) is 12.1 Å². The van der Waals surface area contributed by atoms with Crippen molar-refractivity contribution in [1.82, 2.24) is 14.9 Å². The van der Waals surface area contributed by atoms with Crippen molar-refractivity contribution in [2.24, 2.45) is 0 Å². The van der Waals surface area contributed by atoms with E-state index in [1.807, 2.05) is 36.2 Å². The van der Waals surface area contributed by atoms with Gasteiger partial charge in [0.2, 0.25) is 0 Å². The number of ether oxygens (including phenoxy) is 1. The lowest BCUT2D eigenvalue weighted by Crippen LogP contribution is -2.49. The van der Waals surface area contributed by atoms with Crippen LogP contribution in [0.2, 0.25) is 0 Å². The van der Waals surface area contributed by atoms with E-state index in [9.17, 15) is 4.79 Å². The number of fused-ring (bicyclic) bond motifs is 1. The summed E-state index contributed by atoms with van der Waals surface area (Å²) >= 11 is 0. The summed E-state index contributed by atoms with van der Waals surface area (Å²) in [5, 5.41) is 0. The van der Waals surface area contributed by atoms with Crippen molar-refractivity contribution in [3.8, 4) is 5.75 Å². The summed E-state index contributed by atoms with van der Waals surface area (Å²) in [4.78, 5) is 25.0. The maximum atomic E-state index is 13.2. The zero-order valence-electron chi connectivity index (χ0n) is 14.2. The number of para-hydroxylation sites is 2. The highest BCUT2D eigenvalue weighted by atomic mass is 16.5. The molecule has 4 rings (SSSR count). The van der Waals surface area contributed by atoms with Crippen molar-refractivity contribution >= 4 is 11.6 Å². The summed E-state index contributed by atoms with van der Waals surface area (Å²) in [7, 11) is 1.95. The van der Waals surface area contributed by atoms with Gasteiger partial charge in [0.05, 0.1) is 36.7 Å². The third kappa shape index (κ3) is 3.26. The van der Waals surface area contributed by atoms with Crippen LogP contribution >= 0.6 is 0 Å². The minimum Gasteiger partial charge on any atom is -0.477 e. The normalized spacial score (nSPS) is 16.0. The Bertz CT molecular complexity index is 827. The summed E-state index contributed by atoms with van der Waals surface area (Å²) in [6.45, 7) is 1.06. The standard InChI is InChI=1S/C18H18N4O4/c1-21-8-17(26-16-5-3-2-4-15(16)21)18(23)22(6-13-9-24-11-19-13)7-14-10-25-12-20-14/h2-5,9-12,17H,6-8H2,1H3/t17-/m0/s1. The number of carbonyl (C=O) groups is 1. The molecule has 8 heteroatoms. The van der Waals surface area contributed by atoms with E-state index in [0.29, 0.717) is 36.8 Å². The average molecular weight is 354 g/mol.